The van der Waals surface area contributed by atoms with Gasteiger partial charge in [0.25, 0.3) is 0 Å². The van der Waals surface area contributed by atoms with Gasteiger partial charge >= 0.3 is 12.1 Å². The number of carboxylic acids is 1. The molecule has 1 aromatic heterocycles. The molecule has 4 aromatic rings. The number of anilines is 2. The Labute approximate surface area is 263 Å². The molecular formula is C31H31N5O6S2. The van der Waals surface area contributed by atoms with E-state index >= 15 is 0 Å². The highest BCUT2D eigenvalue weighted by atomic mass is 32.1. The maximum Gasteiger partial charge on any atom is 0.410 e. The summed E-state index contributed by atoms with van der Waals surface area (Å²) in [6.07, 6.45) is -0.985. The smallest absolute Gasteiger partial charge is 0.410 e. The van der Waals surface area contributed by atoms with Gasteiger partial charge in [0, 0.05) is 18.7 Å². The summed E-state index contributed by atoms with van der Waals surface area (Å²) in [6, 6.07) is 25.7. The Kier molecular flexibility index (Phi) is 11.7. The highest BCUT2D eigenvalue weighted by Gasteiger charge is 2.35. The van der Waals surface area contributed by atoms with Crippen molar-refractivity contribution in [2.75, 3.05) is 23.3 Å². The first-order chi connectivity index (χ1) is 21.3. The van der Waals surface area contributed by atoms with Crippen molar-refractivity contribution in [3.8, 4) is 0 Å². The van der Waals surface area contributed by atoms with E-state index in [0.717, 1.165) is 22.5 Å². The van der Waals surface area contributed by atoms with Gasteiger partial charge in [-0.1, -0.05) is 90.2 Å². The van der Waals surface area contributed by atoms with Gasteiger partial charge in [0.05, 0.1) is 0 Å². The molecule has 44 heavy (non-hydrogen) atoms. The van der Waals surface area contributed by atoms with Gasteiger partial charge in [-0.3, -0.25) is 29.7 Å². The second kappa shape index (κ2) is 16.1. The second-order valence-electron chi connectivity index (χ2n) is 9.64. The first-order valence-electron chi connectivity index (χ1n) is 13.7. The second-order valence-corrected chi connectivity index (χ2v) is 11.3. The highest BCUT2D eigenvalue weighted by Crippen LogP contribution is 2.21. The Morgan fingerprint density at radius 3 is 2.14 bits per heavy atom. The van der Waals surface area contributed by atoms with Crippen LogP contribution in [0.3, 0.4) is 0 Å². The van der Waals surface area contributed by atoms with Crippen LogP contribution < -0.4 is 10.2 Å². The number of carbonyl (C=O) groups is 4. The van der Waals surface area contributed by atoms with E-state index < -0.39 is 42.9 Å². The Bertz CT molecular complexity index is 1600. The molecule has 0 spiro atoms. The van der Waals surface area contributed by atoms with Crippen LogP contribution in [0.15, 0.2) is 91.0 Å². The molecule has 0 fully saturated rings. The Morgan fingerprint density at radius 1 is 0.932 bits per heavy atom. The van der Waals surface area contributed by atoms with Gasteiger partial charge in [-0.15, -0.1) is 5.10 Å². The fourth-order valence-electron chi connectivity index (χ4n) is 4.41. The van der Waals surface area contributed by atoms with Crippen LogP contribution in [0.5, 0.6) is 0 Å². The summed E-state index contributed by atoms with van der Waals surface area (Å²) in [6.45, 7) is -0.398. The molecule has 0 bridgehead atoms. The molecule has 0 saturated carbocycles. The summed E-state index contributed by atoms with van der Waals surface area (Å²) < 4.78 is 6.00. The summed E-state index contributed by atoms with van der Waals surface area (Å²) in [5.74, 6) is -2.32. The van der Waals surface area contributed by atoms with E-state index in [1.807, 2.05) is 48.5 Å². The monoisotopic (exact) mass is 633 g/mol. The first-order valence-corrected chi connectivity index (χ1v) is 15.0. The zero-order valence-electron chi connectivity index (χ0n) is 23.6. The predicted octanol–water partition coefficient (Wildman–Crippen LogP) is 5.29. The van der Waals surface area contributed by atoms with Crippen LogP contribution in [0.4, 0.5) is 15.6 Å². The number of H-pyrrole nitrogens is 1. The minimum absolute atomic E-state index is 0.0398. The number of aromatic amines is 1. The number of hydrogen-bond donors (Lipinski definition) is 3. The normalized spacial score (nSPS) is 11.3. The molecule has 0 aliphatic carbocycles. The van der Waals surface area contributed by atoms with Gasteiger partial charge in [0.15, 0.2) is 3.95 Å². The number of carboxylic acid groups (broad SMARTS) is 1. The lowest BCUT2D eigenvalue weighted by molar-refractivity contribution is -0.137. The summed E-state index contributed by atoms with van der Waals surface area (Å²) in [4.78, 5) is 55.3. The third-order valence-corrected chi connectivity index (χ3v) is 7.54. The van der Waals surface area contributed by atoms with Crippen LogP contribution in [0.25, 0.3) is 0 Å². The summed E-state index contributed by atoms with van der Waals surface area (Å²) in [5.41, 5.74) is 2.06. The van der Waals surface area contributed by atoms with Crippen molar-refractivity contribution in [1.29, 1.82) is 0 Å². The van der Waals surface area contributed by atoms with Crippen molar-refractivity contribution in [1.82, 2.24) is 15.1 Å². The average molecular weight is 634 g/mol. The number of nitrogens with zero attached hydrogens (tertiary/aromatic N) is 3. The van der Waals surface area contributed by atoms with E-state index in [1.54, 1.807) is 42.5 Å². The minimum atomic E-state index is -1.25. The van der Waals surface area contributed by atoms with Crippen LogP contribution >= 0.6 is 23.6 Å². The molecule has 3 amide bonds. The first kappa shape index (κ1) is 32.0. The quantitative estimate of drug-likeness (QED) is 0.159. The van der Waals surface area contributed by atoms with Crippen molar-refractivity contribution >= 4 is 58.3 Å². The number of aromatic nitrogens is 2. The van der Waals surface area contributed by atoms with Crippen LogP contribution in [0, 0.1) is 3.95 Å². The lowest BCUT2D eigenvalue weighted by Crippen LogP contribution is -2.53. The minimum Gasteiger partial charge on any atom is -0.481 e. The average Bonchev–Trinajstić information content (AvgIpc) is 3.45. The number of hydrogen-bond acceptors (Lipinski definition) is 8. The number of rotatable bonds is 14. The number of aliphatic carboxylic acids is 1. The highest BCUT2D eigenvalue weighted by molar-refractivity contribution is 7.73. The molecule has 4 rings (SSSR count). The number of amides is 3. The lowest BCUT2D eigenvalue weighted by atomic mass is 10.1. The van der Waals surface area contributed by atoms with Crippen LogP contribution in [-0.4, -0.2) is 63.2 Å². The van der Waals surface area contributed by atoms with E-state index in [2.05, 4.69) is 15.5 Å². The molecule has 3 N–H and O–H groups in total. The molecule has 0 saturated heterocycles. The molecule has 1 heterocycles. The molecule has 228 valence electrons. The van der Waals surface area contributed by atoms with Crippen LogP contribution in [-0.2, 0) is 32.1 Å². The molecule has 3 aromatic carbocycles. The number of ether oxygens (including phenoxy) is 1. The largest absolute Gasteiger partial charge is 0.481 e. The van der Waals surface area contributed by atoms with Gasteiger partial charge in [-0.05, 0) is 48.3 Å². The third-order valence-electron chi connectivity index (χ3n) is 6.54. The molecular weight excluding hydrogens is 603 g/mol. The van der Waals surface area contributed by atoms with E-state index in [4.69, 9.17) is 17.0 Å². The molecule has 0 unspecified atom stereocenters. The standard InChI is InChI=1S/C31H31N5O6S2/c37-26(32-29-33-34-30(43)44-29)20-36(24-14-8-3-9-15-24)28(40)25(16-17-27(38)39)35(19-18-22-10-4-1-5-11-22)31(41)42-21-23-12-6-2-7-13-23/h1-15,25H,16-21H2,(H,34,43)(H,38,39)(H,32,33,37)/t25-/m0/s1. The van der Waals surface area contributed by atoms with Crippen molar-refractivity contribution in [2.24, 2.45) is 0 Å². The topological polar surface area (TPSA) is 145 Å². The van der Waals surface area contributed by atoms with E-state index in [9.17, 15) is 24.3 Å². The Hall–Kier alpha value is -4.88. The van der Waals surface area contributed by atoms with Gasteiger partial charge < -0.3 is 14.7 Å². The number of benzene rings is 3. The maximum atomic E-state index is 14.3. The third kappa shape index (κ3) is 9.57. The number of carbonyl (C=O) groups excluding carboxylic acids is 3. The number of nitrogens with one attached hydrogen (secondary N) is 2. The van der Waals surface area contributed by atoms with Gasteiger partial charge in [0.2, 0.25) is 16.9 Å². The van der Waals surface area contributed by atoms with Crippen molar-refractivity contribution < 1.29 is 29.0 Å². The summed E-state index contributed by atoms with van der Waals surface area (Å²) >= 11 is 6.09. The van der Waals surface area contributed by atoms with E-state index in [1.165, 1.54) is 9.80 Å². The van der Waals surface area contributed by atoms with Crippen molar-refractivity contribution in [2.45, 2.75) is 31.9 Å². The Morgan fingerprint density at radius 2 is 1.55 bits per heavy atom. The van der Waals surface area contributed by atoms with Gasteiger partial charge in [-0.2, -0.15) is 0 Å². The van der Waals surface area contributed by atoms with Crippen LogP contribution in [0.2, 0.25) is 0 Å². The summed E-state index contributed by atoms with van der Waals surface area (Å²) in [5, 5.41) is 18.9. The molecule has 0 aliphatic heterocycles. The van der Waals surface area contributed by atoms with E-state index in [-0.39, 0.29) is 24.7 Å². The van der Waals surface area contributed by atoms with E-state index in [0.29, 0.717) is 16.1 Å². The Balaban J connectivity index is 1.65. The summed E-state index contributed by atoms with van der Waals surface area (Å²) in [7, 11) is 0. The number of para-hydroxylation sites is 1. The van der Waals surface area contributed by atoms with Crippen molar-refractivity contribution in [3.63, 3.8) is 0 Å². The van der Waals surface area contributed by atoms with Crippen molar-refractivity contribution in [3.05, 3.63) is 106 Å². The SMILES string of the molecule is O=C(O)CC[C@@H](C(=O)N(CC(=O)Nc1n[nH]c(=S)s1)c1ccccc1)N(CCc1ccccc1)C(=O)OCc1ccccc1. The van der Waals surface area contributed by atoms with Gasteiger partial charge in [-0.25, -0.2) is 4.79 Å². The van der Waals surface area contributed by atoms with Crippen LogP contribution in [0.1, 0.15) is 24.0 Å². The maximum absolute atomic E-state index is 14.3. The predicted molar refractivity (Wildman–Crippen MR) is 169 cm³/mol. The fraction of sp³-hybridized carbons (Fsp3) is 0.226. The zero-order valence-corrected chi connectivity index (χ0v) is 25.3. The fourth-order valence-corrected chi connectivity index (χ4v) is 5.22. The zero-order chi connectivity index (χ0) is 31.3. The molecule has 0 radical (unpaired) electrons. The molecule has 0 aliphatic rings. The van der Waals surface area contributed by atoms with Gasteiger partial charge in [0.1, 0.15) is 19.2 Å². The molecule has 1 atom stereocenters. The molecule has 11 nitrogen and oxygen atoms in total. The molecule has 13 heteroatoms. The lowest BCUT2D eigenvalue weighted by Gasteiger charge is -2.34.